The Hall–Kier alpha value is -0.830. The molecule has 0 aliphatic carbocycles. The van der Waals surface area contributed by atoms with Gasteiger partial charge in [-0.3, -0.25) is 5.32 Å². The van der Waals surface area contributed by atoms with E-state index in [1.54, 1.807) is 0 Å². The van der Waals surface area contributed by atoms with Crippen LogP contribution < -0.4 is 5.32 Å². The maximum absolute atomic E-state index is 11.4. The Morgan fingerprint density at radius 3 is 2.09 bits per heavy atom. The van der Waals surface area contributed by atoms with Crippen molar-refractivity contribution in [3.05, 3.63) is 12.7 Å². The number of ether oxygens (including phenoxy) is 1. The molecule has 0 amide bonds. The van der Waals surface area contributed by atoms with Gasteiger partial charge in [-0.25, -0.2) is 4.79 Å². The molecule has 0 heterocycles. The molecular formula is C19H37NO2. The van der Waals surface area contributed by atoms with Gasteiger partial charge in [0.15, 0.2) is 6.23 Å². The molecule has 0 fully saturated rings. The molecule has 0 spiro atoms. The van der Waals surface area contributed by atoms with Gasteiger partial charge in [0.1, 0.15) is 0 Å². The molecule has 0 aromatic carbocycles. The van der Waals surface area contributed by atoms with Gasteiger partial charge < -0.3 is 4.74 Å². The average molecular weight is 312 g/mol. The van der Waals surface area contributed by atoms with E-state index >= 15 is 0 Å². The molecule has 130 valence electrons. The highest BCUT2D eigenvalue weighted by Gasteiger charge is 2.16. The minimum Gasteiger partial charge on any atom is -0.443 e. The molecule has 3 heteroatoms. The molecule has 0 saturated heterocycles. The fourth-order valence-electron chi connectivity index (χ4n) is 2.63. The van der Waals surface area contributed by atoms with Gasteiger partial charge in [-0.05, 0) is 19.3 Å². The smallest absolute Gasteiger partial charge is 0.331 e. The minimum atomic E-state index is -0.338. The number of carbonyl (C=O) groups excluding carboxylic acids is 1. The Balaban J connectivity index is 4.22. The molecule has 3 nitrogen and oxygen atoms in total. The van der Waals surface area contributed by atoms with Crippen LogP contribution in [0.5, 0.6) is 0 Å². The summed E-state index contributed by atoms with van der Waals surface area (Å²) < 4.78 is 5.36. The molecule has 0 radical (unpaired) electrons. The predicted molar refractivity (Wildman–Crippen MR) is 94.8 cm³/mol. The van der Waals surface area contributed by atoms with E-state index in [1.807, 2.05) is 6.92 Å². The van der Waals surface area contributed by atoms with Gasteiger partial charge in [0.05, 0.1) is 0 Å². The van der Waals surface area contributed by atoms with Crippen LogP contribution in [0.25, 0.3) is 0 Å². The summed E-state index contributed by atoms with van der Waals surface area (Å²) in [6.07, 6.45) is 14.5. The fourth-order valence-corrected chi connectivity index (χ4v) is 2.63. The number of hydrogen-bond donors (Lipinski definition) is 1. The zero-order chi connectivity index (χ0) is 16.6. The first kappa shape index (κ1) is 21.2. The molecular weight excluding hydrogens is 274 g/mol. The van der Waals surface area contributed by atoms with E-state index in [2.05, 4.69) is 25.7 Å². The maximum atomic E-state index is 11.4. The largest absolute Gasteiger partial charge is 0.443 e. The van der Waals surface area contributed by atoms with Crippen LogP contribution in [0.4, 0.5) is 0 Å². The number of rotatable bonds is 15. The summed E-state index contributed by atoms with van der Waals surface area (Å²) >= 11 is 0. The molecule has 0 aromatic heterocycles. The third-order valence-electron chi connectivity index (χ3n) is 4.03. The van der Waals surface area contributed by atoms with Crippen LogP contribution in [0, 0.1) is 0 Å². The summed E-state index contributed by atoms with van der Waals surface area (Å²) in [7, 11) is 0. The molecule has 1 N–H and O–H groups in total. The summed E-state index contributed by atoms with van der Waals surface area (Å²) in [5.41, 5.74) is 0. The van der Waals surface area contributed by atoms with Crippen molar-refractivity contribution in [2.45, 2.75) is 104 Å². The third kappa shape index (κ3) is 11.8. The van der Waals surface area contributed by atoms with Gasteiger partial charge in [0, 0.05) is 12.1 Å². The van der Waals surface area contributed by atoms with Crippen LogP contribution in [0.1, 0.15) is 91.4 Å². The predicted octanol–water partition coefficient (Wildman–Crippen LogP) is 5.35. The van der Waals surface area contributed by atoms with Crippen molar-refractivity contribution < 1.29 is 9.53 Å². The van der Waals surface area contributed by atoms with Crippen LogP contribution >= 0.6 is 0 Å². The number of carbonyl (C=O) groups is 1. The van der Waals surface area contributed by atoms with Crippen LogP contribution in [0.15, 0.2) is 12.7 Å². The van der Waals surface area contributed by atoms with Crippen LogP contribution in [0.2, 0.25) is 0 Å². The van der Waals surface area contributed by atoms with Gasteiger partial charge in [-0.1, -0.05) is 78.7 Å². The lowest BCUT2D eigenvalue weighted by Crippen LogP contribution is -2.40. The van der Waals surface area contributed by atoms with Crippen LogP contribution in [0.3, 0.4) is 0 Å². The lowest BCUT2D eigenvalue weighted by molar-refractivity contribution is -0.145. The Labute approximate surface area is 137 Å². The van der Waals surface area contributed by atoms with Crippen molar-refractivity contribution in [3.63, 3.8) is 0 Å². The van der Waals surface area contributed by atoms with E-state index < -0.39 is 0 Å². The molecule has 2 unspecified atom stereocenters. The number of hydrogen-bond acceptors (Lipinski definition) is 3. The van der Waals surface area contributed by atoms with Crippen molar-refractivity contribution in [2.75, 3.05) is 0 Å². The zero-order valence-electron chi connectivity index (χ0n) is 15.0. The highest BCUT2D eigenvalue weighted by atomic mass is 16.6. The van der Waals surface area contributed by atoms with E-state index in [-0.39, 0.29) is 12.2 Å². The molecule has 0 aliphatic rings. The van der Waals surface area contributed by atoms with Crippen LogP contribution in [-0.2, 0) is 9.53 Å². The molecule has 2 atom stereocenters. The third-order valence-corrected chi connectivity index (χ3v) is 4.03. The second kappa shape index (κ2) is 15.1. The first-order valence-electron chi connectivity index (χ1n) is 9.26. The monoisotopic (exact) mass is 311 g/mol. The normalized spacial score (nSPS) is 13.6. The molecule has 0 aliphatic heterocycles. The minimum absolute atomic E-state index is 0.187. The Morgan fingerprint density at radius 2 is 1.55 bits per heavy atom. The fraction of sp³-hybridized carbons (Fsp3) is 0.842. The van der Waals surface area contributed by atoms with Gasteiger partial charge >= 0.3 is 5.97 Å². The van der Waals surface area contributed by atoms with E-state index in [9.17, 15) is 4.79 Å². The van der Waals surface area contributed by atoms with Crippen molar-refractivity contribution >= 4 is 5.97 Å². The lowest BCUT2D eigenvalue weighted by Gasteiger charge is -2.25. The van der Waals surface area contributed by atoms with Crippen molar-refractivity contribution in [1.29, 1.82) is 0 Å². The van der Waals surface area contributed by atoms with Crippen molar-refractivity contribution in [1.82, 2.24) is 5.32 Å². The van der Waals surface area contributed by atoms with Gasteiger partial charge in [-0.2, -0.15) is 0 Å². The van der Waals surface area contributed by atoms with Crippen molar-refractivity contribution in [2.24, 2.45) is 0 Å². The second-order valence-electron chi connectivity index (χ2n) is 6.10. The number of esters is 1. The summed E-state index contributed by atoms with van der Waals surface area (Å²) in [6, 6.07) is 0.454. The number of nitrogens with one attached hydrogen (secondary N) is 1. The second-order valence-corrected chi connectivity index (χ2v) is 6.10. The topological polar surface area (TPSA) is 38.3 Å². The Kier molecular flexibility index (Phi) is 14.5. The highest BCUT2D eigenvalue weighted by Crippen LogP contribution is 2.14. The van der Waals surface area contributed by atoms with Gasteiger partial charge in [0.25, 0.3) is 0 Å². The first-order valence-corrected chi connectivity index (χ1v) is 9.26. The highest BCUT2D eigenvalue weighted by molar-refractivity contribution is 5.81. The first-order chi connectivity index (χ1) is 10.7. The van der Waals surface area contributed by atoms with E-state index in [0.717, 1.165) is 6.42 Å². The lowest BCUT2D eigenvalue weighted by atomic mass is 10.0. The van der Waals surface area contributed by atoms with Gasteiger partial charge in [0.2, 0.25) is 0 Å². The maximum Gasteiger partial charge on any atom is 0.331 e. The quantitative estimate of drug-likeness (QED) is 0.192. The molecule has 0 aromatic rings. The summed E-state index contributed by atoms with van der Waals surface area (Å²) in [4.78, 5) is 11.4. The standard InChI is InChI=1S/C19H37NO2/c1-5-9-11-12-14-16-17(15-13-10-6-2)20-18(7-3)22-19(21)8-4/h8,17-18,20H,4-7,9-16H2,1-3H3. The summed E-state index contributed by atoms with van der Waals surface area (Å²) in [6.45, 7) is 9.98. The molecule has 0 rings (SSSR count). The van der Waals surface area contributed by atoms with E-state index in [4.69, 9.17) is 4.74 Å². The Morgan fingerprint density at radius 1 is 1.00 bits per heavy atom. The summed E-state index contributed by atoms with van der Waals surface area (Å²) in [5, 5.41) is 3.53. The van der Waals surface area contributed by atoms with Gasteiger partial charge in [-0.15, -0.1) is 0 Å². The SMILES string of the molecule is C=CC(=O)OC(CC)NC(CCCCC)CCCCCCC. The molecule has 0 saturated carbocycles. The molecule has 22 heavy (non-hydrogen) atoms. The number of unbranched alkanes of at least 4 members (excludes halogenated alkanes) is 6. The van der Waals surface area contributed by atoms with E-state index in [0.29, 0.717) is 6.04 Å². The Bertz CT molecular complexity index is 279. The molecule has 0 bridgehead atoms. The van der Waals surface area contributed by atoms with Crippen LogP contribution in [-0.4, -0.2) is 18.2 Å². The zero-order valence-corrected chi connectivity index (χ0v) is 15.0. The summed E-state index contributed by atoms with van der Waals surface area (Å²) in [5.74, 6) is -0.338. The average Bonchev–Trinajstić information content (AvgIpc) is 2.53. The van der Waals surface area contributed by atoms with Crippen molar-refractivity contribution in [3.8, 4) is 0 Å². The van der Waals surface area contributed by atoms with E-state index in [1.165, 1.54) is 70.3 Å².